The van der Waals surface area contributed by atoms with E-state index in [1.807, 2.05) is 24.3 Å². The minimum absolute atomic E-state index is 0.0105. The molecule has 1 aromatic carbocycles. The van der Waals surface area contributed by atoms with E-state index in [-0.39, 0.29) is 5.91 Å². The number of tetrazole rings is 1. The van der Waals surface area contributed by atoms with Crippen LogP contribution >= 0.6 is 0 Å². The summed E-state index contributed by atoms with van der Waals surface area (Å²) in [4.78, 5) is 11.7. The predicted octanol–water partition coefficient (Wildman–Crippen LogP) is 0.500. The number of aromatic amines is 1. The molecule has 0 spiro atoms. The molecule has 1 aromatic heterocycles. The lowest BCUT2D eigenvalue weighted by molar-refractivity contribution is -0.121. The van der Waals surface area contributed by atoms with Crippen molar-refractivity contribution in [1.29, 1.82) is 0 Å². The molecule has 0 saturated heterocycles. The fraction of sp³-hybridized carbons (Fsp3) is 0.385. The van der Waals surface area contributed by atoms with E-state index in [1.54, 1.807) is 7.11 Å². The lowest BCUT2D eigenvalue weighted by Gasteiger charge is -2.05. The molecule has 1 heterocycles. The number of carbonyl (C=O) groups is 1. The van der Waals surface area contributed by atoms with Gasteiger partial charge in [-0.25, -0.2) is 0 Å². The molecule has 0 unspecified atom stereocenters. The number of aromatic nitrogens is 4. The first kappa shape index (κ1) is 14.0. The molecule has 0 atom stereocenters. The molecule has 106 valence electrons. The minimum atomic E-state index is 0.0105. The van der Waals surface area contributed by atoms with Crippen LogP contribution in [0.5, 0.6) is 5.75 Å². The lowest BCUT2D eigenvalue weighted by atomic mass is 10.1. The first-order valence-corrected chi connectivity index (χ1v) is 6.40. The average Bonchev–Trinajstić information content (AvgIpc) is 2.98. The highest BCUT2D eigenvalue weighted by molar-refractivity contribution is 5.76. The highest BCUT2D eigenvalue weighted by Crippen LogP contribution is 2.13. The maximum absolute atomic E-state index is 11.7. The molecular formula is C13H17N5O2. The van der Waals surface area contributed by atoms with E-state index >= 15 is 0 Å². The summed E-state index contributed by atoms with van der Waals surface area (Å²) in [6.45, 7) is 0.510. The molecule has 0 aliphatic heterocycles. The van der Waals surface area contributed by atoms with Gasteiger partial charge in [-0.3, -0.25) is 4.79 Å². The molecule has 0 saturated carbocycles. The van der Waals surface area contributed by atoms with Crippen molar-refractivity contribution < 1.29 is 9.53 Å². The fourth-order valence-corrected chi connectivity index (χ4v) is 1.78. The Kier molecular flexibility index (Phi) is 5.05. The standard InChI is InChI=1S/C13H17N5O2/c1-20-11-4-2-3-10(9-11)5-6-13(19)14-8-7-12-15-17-18-16-12/h2-4,9H,5-8H2,1H3,(H,14,19)(H,15,16,17,18). The number of ether oxygens (including phenoxy) is 1. The van der Waals surface area contributed by atoms with Crippen LogP contribution in [-0.2, 0) is 17.6 Å². The molecule has 0 bridgehead atoms. The van der Waals surface area contributed by atoms with Crippen LogP contribution in [-0.4, -0.2) is 40.2 Å². The third-order valence-corrected chi connectivity index (χ3v) is 2.83. The summed E-state index contributed by atoms with van der Waals surface area (Å²) in [6.07, 6.45) is 1.70. The smallest absolute Gasteiger partial charge is 0.220 e. The number of rotatable bonds is 7. The number of nitrogens with one attached hydrogen (secondary N) is 2. The van der Waals surface area contributed by atoms with Gasteiger partial charge in [0, 0.05) is 19.4 Å². The first-order chi connectivity index (χ1) is 9.78. The molecular weight excluding hydrogens is 258 g/mol. The van der Waals surface area contributed by atoms with Crippen molar-refractivity contribution in [3.63, 3.8) is 0 Å². The molecule has 0 fully saturated rings. The second-order valence-electron chi connectivity index (χ2n) is 4.28. The number of methoxy groups -OCH3 is 1. The van der Waals surface area contributed by atoms with Crippen LogP contribution in [0.3, 0.4) is 0 Å². The topological polar surface area (TPSA) is 92.8 Å². The summed E-state index contributed by atoms with van der Waals surface area (Å²) in [5, 5.41) is 16.3. The monoisotopic (exact) mass is 275 g/mol. The summed E-state index contributed by atoms with van der Waals surface area (Å²) in [6, 6.07) is 7.72. The lowest BCUT2D eigenvalue weighted by Crippen LogP contribution is -2.26. The fourth-order valence-electron chi connectivity index (χ4n) is 1.78. The van der Waals surface area contributed by atoms with Crippen molar-refractivity contribution in [3.05, 3.63) is 35.7 Å². The van der Waals surface area contributed by atoms with E-state index < -0.39 is 0 Å². The van der Waals surface area contributed by atoms with Gasteiger partial charge in [0.2, 0.25) is 5.91 Å². The Morgan fingerprint density at radius 2 is 2.30 bits per heavy atom. The van der Waals surface area contributed by atoms with Crippen molar-refractivity contribution in [1.82, 2.24) is 25.9 Å². The van der Waals surface area contributed by atoms with E-state index in [2.05, 4.69) is 25.9 Å². The van der Waals surface area contributed by atoms with Gasteiger partial charge in [-0.15, -0.1) is 10.2 Å². The van der Waals surface area contributed by atoms with Gasteiger partial charge in [0.05, 0.1) is 7.11 Å². The molecule has 2 rings (SSSR count). The zero-order valence-electron chi connectivity index (χ0n) is 11.3. The number of aryl methyl sites for hydroxylation is 1. The molecule has 2 aromatic rings. The van der Waals surface area contributed by atoms with E-state index in [4.69, 9.17) is 4.74 Å². The number of benzene rings is 1. The van der Waals surface area contributed by atoms with Gasteiger partial charge in [0.1, 0.15) is 5.75 Å². The summed E-state index contributed by atoms with van der Waals surface area (Å²) in [5.74, 6) is 1.41. The van der Waals surface area contributed by atoms with E-state index in [0.29, 0.717) is 31.6 Å². The number of amides is 1. The highest BCUT2D eigenvalue weighted by atomic mass is 16.5. The Morgan fingerprint density at radius 1 is 1.40 bits per heavy atom. The third kappa shape index (κ3) is 4.34. The molecule has 20 heavy (non-hydrogen) atoms. The van der Waals surface area contributed by atoms with Crippen LogP contribution in [0.25, 0.3) is 0 Å². The molecule has 0 aliphatic carbocycles. The molecule has 7 nitrogen and oxygen atoms in total. The van der Waals surface area contributed by atoms with Crippen molar-refractivity contribution in [2.24, 2.45) is 0 Å². The van der Waals surface area contributed by atoms with Crippen molar-refractivity contribution >= 4 is 5.91 Å². The van der Waals surface area contributed by atoms with Gasteiger partial charge in [-0.2, -0.15) is 5.21 Å². The van der Waals surface area contributed by atoms with Crippen LogP contribution in [0.1, 0.15) is 17.8 Å². The van der Waals surface area contributed by atoms with Gasteiger partial charge in [0.25, 0.3) is 0 Å². The van der Waals surface area contributed by atoms with Crippen LogP contribution in [0, 0.1) is 0 Å². The molecule has 2 N–H and O–H groups in total. The Balaban J connectivity index is 1.69. The van der Waals surface area contributed by atoms with Crippen LogP contribution in [0.2, 0.25) is 0 Å². The minimum Gasteiger partial charge on any atom is -0.497 e. The van der Waals surface area contributed by atoms with Crippen LogP contribution in [0.4, 0.5) is 0 Å². The van der Waals surface area contributed by atoms with Gasteiger partial charge < -0.3 is 10.1 Å². The third-order valence-electron chi connectivity index (χ3n) is 2.83. The number of hydrogen-bond donors (Lipinski definition) is 2. The summed E-state index contributed by atoms with van der Waals surface area (Å²) in [5.41, 5.74) is 1.08. The molecule has 7 heteroatoms. The van der Waals surface area contributed by atoms with Crippen molar-refractivity contribution in [2.45, 2.75) is 19.3 Å². The van der Waals surface area contributed by atoms with Crippen LogP contribution < -0.4 is 10.1 Å². The largest absolute Gasteiger partial charge is 0.497 e. The summed E-state index contributed by atoms with van der Waals surface area (Å²) >= 11 is 0. The average molecular weight is 275 g/mol. The zero-order chi connectivity index (χ0) is 14.2. The number of hydrogen-bond acceptors (Lipinski definition) is 5. The second-order valence-corrected chi connectivity index (χ2v) is 4.28. The highest BCUT2D eigenvalue weighted by Gasteiger charge is 2.04. The Morgan fingerprint density at radius 3 is 3.05 bits per heavy atom. The Labute approximate surface area is 116 Å². The van der Waals surface area contributed by atoms with Gasteiger partial charge in [-0.1, -0.05) is 17.3 Å². The summed E-state index contributed by atoms with van der Waals surface area (Å²) in [7, 11) is 1.63. The maximum atomic E-state index is 11.7. The van der Waals surface area contributed by atoms with E-state index in [1.165, 1.54) is 0 Å². The Hall–Kier alpha value is -2.44. The van der Waals surface area contributed by atoms with Gasteiger partial charge >= 0.3 is 0 Å². The normalized spacial score (nSPS) is 10.2. The second kappa shape index (κ2) is 7.22. The molecule has 0 radical (unpaired) electrons. The van der Waals surface area contributed by atoms with Crippen molar-refractivity contribution in [2.75, 3.05) is 13.7 Å². The van der Waals surface area contributed by atoms with Gasteiger partial charge in [-0.05, 0) is 24.1 Å². The quantitative estimate of drug-likeness (QED) is 0.767. The molecule has 1 amide bonds. The number of H-pyrrole nitrogens is 1. The maximum Gasteiger partial charge on any atom is 0.220 e. The van der Waals surface area contributed by atoms with Crippen molar-refractivity contribution in [3.8, 4) is 5.75 Å². The van der Waals surface area contributed by atoms with Gasteiger partial charge in [0.15, 0.2) is 5.82 Å². The molecule has 0 aliphatic rings. The number of nitrogens with zero attached hydrogens (tertiary/aromatic N) is 3. The first-order valence-electron chi connectivity index (χ1n) is 6.40. The Bertz CT molecular complexity index is 541. The van der Waals surface area contributed by atoms with Crippen LogP contribution in [0.15, 0.2) is 24.3 Å². The predicted molar refractivity (Wildman–Crippen MR) is 72.2 cm³/mol. The van der Waals surface area contributed by atoms with E-state index in [9.17, 15) is 4.79 Å². The van der Waals surface area contributed by atoms with E-state index in [0.717, 1.165) is 11.3 Å². The summed E-state index contributed by atoms with van der Waals surface area (Å²) < 4.78 is 5.14. The number of carbonyl (C=O) groups excluding carboxylic acids is 1. The zero-order valence-corrected chi connectivity index (χ0v) is 11.3. The SMILES string of the molecule is COc1cccc(CCC(=O)NCCc2nn[nH]n2)c1.